The summed E-state index contributed by atoms with van der Waals surface area (Å²) in [5, 5.41) is 3.17. The van der Waals surface area contributed by atoms with Crippen molar-refractivity contribution in [3.05, 3.63) is 42.2 Å². The Morgan fingerprint density at radius 2 is 1.85 bits per heavy atom. The maximum atomic E-state index is 12.7. The Balaban J connectivity index is 1.29. The SMILES string of the molecule is O=C(NC1CC2CCN1CC2)c1ccc(-c2cccc(N3CCCC3)c2)o1. The minimum Gasteiger partial charge on any atom is -0.451 e. The van der Waals surface area contributed by atoms with Gasteiger partial charge in [0.25, 0.3) is 5.91 Å². The molecule has 5 heterocycles. The molecule has 142 valence electrons. The number of rotatable bonds is 4. The summed E-state index contributed by atoms with van der Waals surface area (Å²) in [6, 6.07) is 12.1. The first-order valence-electron chi connectivity index (χ1n) is 10.3. The second-order valence-electron chi connectivity index (χ2n) is 8.11. The normalized spacial score (nSPS) is 27.1. The van der Waals surface area contributed by atoms with Crippen LogP contribution >= 0.6 is 0 Å². The van der Waals surface area contributed by atoms with Gasteiger partial charge in [-0.15, -0.1) is 0 Å². The van der Waals surface area contributed by atoms with Gasteiger partial charge in [-0.05, 0) is 62.3 Å². The number of hydrogen-bond acceptors (Lipinski definition) is 4. The van der Waals surface area contributed by atoms with Gasteiger partial charge in [-0.1, -0.05) is 12.1 Å². The van der Waals surface area contributed by atoms with Crippen LogP contribution in [0.15, 0.2) is 40.8 Å². The van der Waals surface area contributed by atoms with Crippen molar-refractivity contribution in [1.29, 1.82) is 0 Å². The van der Waals surface area contributed by atoms with E-state index in [0.29, 0.717) is 5.76 Å². The highest BCUT2D eigenvalue weighted by molar-refractivity contribution is 5.92. The third-order valence-electron chi connectivity index (χ3n) is 6.38. The fourth-order valence-corrected chi connectivity index (χ4v) is 4.78. The lowest BCUT2D eigenvalue weighted by Crippen LogP contribution is -2.56. The van der Waals surface area contributed by atoms with Crippen molar-refractivity contribution in [1.82, 2.24) is 10.2 Å². The van der Waals surface area contributed by atoms with Crippen LogP contribution in [-0.4, -0.2) is 43.2 Å². The topological polar surface area (TPSA) is 48.7 Å². The van der Waals surface area contributed by atoms with Gasteiger partial charge in [0.15, 0.2) is 5.76 Å². The number of furan rings is 1. The Morgan fingerprint density at radius 1 is 1.04 bits per heavy atom. The third kappa shape index (κ3) is 3.36. The summed E-state index contributed by atoms with van der Waals surface area (Å²) in [6.45, 7) is 4.44. The van der Waals surface area contributed by atoms with E-state index >= 15 is 0 Å². The molecule has 0 radical (unpaired) electrons. The molecule has 1 atom stereocenters. The molecule has 4 aliphatic heterocycles. The number of benzene rings is 1. The summed E-state index contributed by atoms with van der Waals surface area (Å²) in [5.41, 5.74) is 2.26. The molecule has 0 saturated carbocycles. The van der Waals surface area contributed by atoms with Crippen LogP contribution in [0.5, 0.6) is 0 Å². The fraction of sp³-hybridized carbons (Fsp3) is 0.500. The van der Waals surface area contributed by atoms with Crippen molar-refractivity contribution >= 4 is 11.6 Å². The maximum Gasteiger partial charge on any atom is 0.288 e. The van der Waals surface area contributed by atoms with Gasteiger partial charge >= 0.3 is 0 Å². The van der Waals surface area contributed by atoms with E-state index in [1.54, 1.807) is 6.07 Å². The molecule has 27 heavy (non-hydrogen) atoms. The number of hydrogen-bond donors (Lipinski definition) is 1. The predicted octanol–water partition coefficient (Wildman–Crippen LogP) is 3.72. The molecule has 0 spiro atoms. The van der Waals surface area contributed by atoms with Gasteiger partial charge in [0.1, 0.15) is 5.76 Å². The van der Waals surface area contributed by atoms with Gasteiger partial charge in [-0.25, -0.2) is 0 Å². The molecule has 1 aromatic carbocycles. The van der Waals surface area contributed by atoms with Gasteiger partial charge in [0.2, 0.25) is 0 Å². The van der Waals surface area contributed by atoms with E-state index in [2.05, 4.69) is 33.3 Å². The van der Waals surface area contributed by atoms with Gasteiger partial charge in [-0.2, -0.15) is 0 Å². The summed E-state index contributed by atoms with van der Waals surface area (Å²) in [7, 11) is 0. The minimum atomic E-state index is -0.102. The van der Waals surface area contributed by atoms with Crippen molar-refractivity contribution in [2.24, 2.45) is 5.92 Å². The zero-order valence-electron chi connectivity index (χ0n) is 15.7. The smallest absolute Gasteiger partial charge is 0.288 e. The number of carbonyl (C=O) groups excluding carboxylic acids is 1. The van der Waals surface area contributed by atoms with Crippen molar-refractivity contribution in [3.8, 4) is 11.3 Å². The number of nitrogens with zero attached hydrogens (tertiary/aromatic N) is 2. The number of amides is 1. The zero-order chi connectivity index (χ0) is 18.2. The molecular weight excluding hydrogens is 338 g/mol. The molecule has 5 heteroatoms. The lowest BCUT2D eigenvalue weighted by molar-refractivity contribution is 0.0286. The Morgan fingerprint density at radius 3 is 2.59 bits per heavy atom. The average molecular weight is 365 g/mol. The van der Waals surface area contributed by atoms with Crippen LogP contribution in [0, 0.1) is 5.92 Å². The molecule has 1 unspecified atom stereocenters. The van der Waals surface area contributed by atoms with Crippen LogP contribution in [0.4, 0.5) is 5.69 Å². The molecule has 1 aromatic heterocycles. The molecule has 4 saturated heterocycles. The van der Waals surface area contributed by atoms with Crippen LogP contribution in [0.25, 0.3) is 11.3 Å². The quantitative estimate of drug-likeness (QED) is 0.897. The number of fused-ring (bicyclic) bond motifs is 3. The Kier molecular flexibility index (Phi) is 4.40. The van der Waals surface area contributed by atoms with Gasteiger partial charge in [-0.3, -0.25) is 9.69 Å². The molecule has 5 nitrogen and oxygen atoms in total. The predicted molar refractivity (Wildman–Crippen MR) is 106 cm³/mol. The lowest BCUT2D eigenvalue weighted by atomic mass is 9.86. The lowest BCUT2D eigenvalue weighted by Gasteiger charge is -2.45. The highest BCUT2D eigenvalue weighted by Crippen LogP contribution is 2.31. The summed E-state index contributed by atoms with van der Waals surface area (Å²) in [5.74, 6) is 1.82. The minimum absolute atomic E-state index is 0.102. The van der Waals surface area contributed by atoms with E-state index in [4.69, 9.17) is 4.42 Å². The van der Waals surface area contributed by atoms with Crippen LogP contribution in [0.1, 0.15) is 42.7 Å². The molecule has 4 fully saturated rings. The summed E-state index contributed by atoms with van der Waals surface area (Å²) in [6.07, 6.45) is 6.28. The molecule has 1 N–H and O–H groups in total. The van der Waals surface area contributed by atoms with Crippen molar-refractivity contribution in [3.63, 3.8) is 0 Å². The summed E-state index contributed by atoms with van der Waals surface area (Å²) < 4.78 is 5.92. The first-order valence-corrected chi connectivity index (χ1v) is 10.3. The van der Waals surface area contributed by atoms with Crippen LogP contribution in [0.3, 0.4) is 0 Å². The maximum absolute atomic E-state index is 12.7. The first kappa shape index (κ1) is 16.9. The molecule has 4 aliphatic rings. The molecule has 2 bridgehead atoms. The summed E-state index contributed by atoms with van der Waals surface area (Å²) in [4.78, 5) is 17.5. The number of nitrogens with one attached hydrogen (secondary N) is 1. The molecular formula is C22H27N3O2. The average Bonchev–Trinajstić information content (AvgIpc) is 3.41. The van der Waals surface area contributed by atoms with Crippen molar-refractivity contribution in [2.75, 3.05) is 31.1 Å². The summed E-state index contributed by atoms with van der Waals surface area (Å²) >= 11 is 0. The zero-order valence-corrected chi connectivity index (χ0v) is 15.7. The highest BCUT2D eigenvalue weighted by atomic mass is 16.3. The van der Waals surface area contributed by atoms with Gasteiger partial charge in [0, 0.05) is 37.4 Å². The van der Waals surface area contributed by atoms with Crippen LogP contribution in [-0.2, 0) is 0 Å². The van der Waals surface area contributed by atoms with E-state index in [0.717, 1.165) is 49.8 Å². The van der Waals surface area contributed by atoms with Crippen molar-refractivity contribution < 1.29 is 9.21 Å². The number of carbonyl (C=O) groups is 1. The standard InChI is InChI=1S/C22H27N3O2/c26-22(23-21-14-16-8-12-25(21)13-9-16)20-7-6-19(27-20)17-4-3-5-18(15-17)24-10-1-2-11-24/h3-7,15-16,21H,1-2,8-14H2,(H,23,26). The largest absolute Gasteiger partial charge is 0.451 e. The Labute approximate surface area is 160 Å². The Bertz CT molecular complexity index is 816. The van der Waals surface area contributed by atoms with Crippen LogP contribution in [0.2, 0.25) is 0 Å². The van der Waals surface area contributed by atoms with E-state index in [9.17, 15) is 4.79 Å². The molecule has 6 rings (SSSR count). The highest BCUT2D eigenvalue weighted by Gasteiger charge is 2.34. The number of piperidine rings is 3. The molecule has 2 aromatic rings. The van der Waals surface area contributed by atoms with E-state index in [-0.39, 0.29) is 12.1 Å². The fourth-order valence-electron chi connectivity index (χ4n) is 4.78. The first-order chi connectivity index (χ1) is 13.3. The number of anilines is 1. The third-order valence-corrected chi connectivity index (χ3v) is 6.38. The second kappa shape index (κ2) is 7.04. The van der Waals surface area contributed by atoms with Crippen LogP contribution < -0.4 is 10.2 Å². The monoisotopic (exact) mass is 365 g/mol. The van der Waals surface area contributed by atoms with Crippen molar-refractivity contribution in [2.45, 2.75) is 38.3 Å². The van der Waals surface area contributed by atoms with Gasteiger partial charge < -0.3 is 14.6 Å². The molecule has 1 amide bonds. The van der Waals surface area contributed by atoms with E-state index in [1.807, 2.05) is 12.1 Å². The van der Waals surface area contributed by atoms with E-state index in [1.165, 1.54) is 31.4 Å². The van der Waals surface area contributed by atoms with Gasteiger partial charge in [0.05, 0.1) is 6.17 Å². The Hall–Kier alpha value is -2.27. The van der Waals surface area contributed by atoms with E-state index < -0.39 is 0 Å². The second-order valence-corrected chi connectivity index (χ2v) is 8.11. The molecule has 0 aliphatic carbocycles.